The van der Waals surface area contributed by atoms with Crippen molar-refractivity contribution in [2.24, 2.45) is 0 Å². The van der Waals surface area contributed by atoms with Crippen LogP contribution in [0.25, 0.3) is 0 Å². The number of nitro groups is 1. The predicted molar refractivity (Wildman–Crippen MR) is 97.0 cm³/mol. The van der Waals surface area contributed by atoms with Crippen LogP contribution in [0.2, 0.25) is 5.02 Å². The summed E-state index contributed by atoms with van der Waals surface area (Å²) in [6, 6.07) is 10.6. The Kier molecular flexibility index (Phi) is 6.65. The lowest BCUT2D eigenvalue weighted by atomic mass is 10.3. The third-order valence-corrected chi connectivity index (χ3v) is 5.89. The van der Waals surface area contributed by atoms with Crippen molar-refractivity contribution in [1.29, 1.82) is 0 Å². The molecule has 10 heteroatoms. The average Bonchev–Trinajstić information content (AvgIpc) is 2.59. The zero-order valence-electron chi connectivity index (χ0n) is 13.1. The van der Waals surface area contributed by atoms with Crippen molar-refractivity contribution in [1.82, 2.24) is 4.72 Å². The summed E-state index contributed by atoms with van der Waals surface area (Å²) >= 11 is 7.28. The average molecular weight is 403 g/mol. The van der Waals surface area contributed by atoms with E-state index in [0.29, 0.717) is 10.8 Å². The van der Waals surface area contributed by atoms with Crippen LogP contribution in [-0.4, -0.2) is 32.7 Å². The smallest absolute Gasteiger partial charge is 0.273 e. The highest BCUT2D eigenvalue weighted by molar-refractivity contribution is 7.99. The topological polar surface area (TPSA) is 98.5 Å². The van der Waals surface area contributed by atoms with E-state index >= 15 is 0 Å². The van der Waals surface area contributed by atoms with E-state index in [4.69, 9.17) is 16.3 Å². The first-order valence-corrected chi connectivity index (χ1v) is 9.88. The fourth-order valence-electron chi connectivity index (χ4n) is 1.95. The van der Waals surface area contributed by atoms with Crippen molar-refractivity contribution in [2.45, 2.75) is 9.79 Å². The second kappa shape index (κ2) is 8.52. The molecule has 0 aliphatic carbocycles. The molecule has 2 aromatic carbocycles. The molecule has 0 bridgehead atoms. The predicted octanol–water partition coefficient (Wildman–Crippen LogP) is 3.33. The Morgan fingerprint density at radius 1 is 1.24 bits per heavy atom. The van der Waals surface area contributed by atoms with Crippen LogP contribution in [0, 0.1) is 10.1 Å². The highest BCUT2D eigenvalue weighted by Crippen LogP contribution is 2.28. The summed E-state index contributed by atoms with van der Waals surface area (Å²) in [4.78, 5) is 11.0. The van der Waals surface area contributed by atoms with Crippen molar-refractivity contribution in [3.8, 4) is 5.75 Å². The van der Waals surface area contributed by atoms with E-state index in [-0.39, 0.29) is 22.9 Å². The lowest BCUT2D eigenvalue weighted by Gasteiger charge is -2.10. The number of rotatable bonds is 8. The molecule has 0 aromatic heterocycles. The standard InChI is InChI=1S/C15H15ClN2O5S2/c1-23-14-10-12(18(19)20)4-7-15(14)25(21,22)17-8-9-24-13-5-2-11(16)3-6-13/h2-7,10,17H,8-9H2,1H3. The molecule has 0 aliphatic heterocycles. The SMILES string of the molecule is COc1cc([N+](=O)[O-])ccc1S(=O)(=O)NCCSc1ccc(Cl)cc1. The fraction of sp³-hybridized carbons (Fsp3) is 0.200. The van der Waals surface area contributed by atoms with Gasteiger partial charge in [0.25, 0.3) is 5.69 Å². The van der Waals surface area contributed by atoms with Crippen LogP contribution >= 0.6 is 23.4 Å². The molecule has 134 valence electrons. The number of hydrogen-bond donors (Lipinski definition) is 1. The van der Waals surface area contributed by atoms with E-state index in [1.54, 1.807) is 12.1 Å². The van der Waals surface area contributed by atoms with E-state index < -0.39 is 14.9 Å². The fourth-order valence-corrected chi connectivity index (χ4v) is 4.15. The van der Waals surface area contributed by atoms with Crippen LogP contribution in [0.3, 0.4) is 0 Å². The number of thioether (sulfide) groups is 1. The quantitative estimate of drug-likeness (QED) is 0.314. The molecule has 0 atom stereocenters. The Labute approximate surface area is 154 Å². The lowest BCUT2D eigenvalue weighted by molar-refractivity contribution is -0.385. The van der Waals surface area contributed by atoms with Crippen LogP contribution < -0.4 is 9.46 Å². The van der Waals surface area contributed by atoms with Crippen molar-refractivity contribution in [2.75, 3.05) is 19.4 Å². The van der Waals surface area contributed by atoms with Gasteiger partial charge in [0.1, 0.15) is 10.6 Å². The Morgan fingerprint density at radius 2 is 1.92 bits per heavy atom. The molecule has 1 N–H and O–H groups in total. The second-order valence-corrected chi connectivity index (χ2v) is 8.13. The summed E-state index contributed by atoms with van der Waals surface area (Å²) in [5, 5.41) is 11.4. The molecule has 0 heterocycles. The van der Waals surface area contributed by atoms with Crippen molar-refractivity contribution in [3.63, 3.8) is 0 Å². The van der Waals surface area contributed by atoms with Crippen molar-refractivity contribution in [3.05, 3.63) is 57.6 Å². The number of non-ortho nitro benzene ring substituents is 1. The van der Waals surface area contributed by atoms with Crippen LogP contribution in [0.15, 0.2) is 52.3 Å². The van der Waals surface area contributed by atoms with Crippen molar-refractivity contribution >= 4 is 39.1 Å². The summed E-state index contributed by atoms with van der Waals surface area (Å²) < 4.78 is 32.1. The van der Waals surface area contributed by atoms with Gasteiger partial charge in [-0.05, 0) is 30.3 Å². The van der Waals surface area contributed by atoms with Gasteiger partial charge in [0.15, 0.2) is 0 Å². The minimum atomic E-state index is -3.84. The van der Waals surface area contributed by atoms with Gasteiger partial charge < -0.3 is 4.74 Å². The number of halogens is 1. The molecule has 0 unspecified atom stereocenters. The molecule has 2 aromatic rings. The van der Waals surface area contributed by atoms with Gasteiger partial charge in [-0.3, -0.25) is 10.1 Å². The number of nitrogens with one attached hydrogen (secondary N) is 1. The van der Waals surface area contributed by atoms with E-state index in [2.05, 4.69) is 4.72 Å². The molecule has 0 amide bonds. The number of ether oxygens (including phenoxy) is 1. The highest BCUT2D eigenvalue weighted by atomic mass is 35.5. The summed E-state index contributed by atoms with van der Waals surface area (Å²) in [7, 11) is -2.58. The van der Waals surface area contributed by atoms with E-state index in [9.17, 15) is 18.5 Å². The first-order chi connectivity index (χ1) is 11.8. The molecule has 0 radical (unpaired) electrons. The maximum Gasteiger partial charge on any atom is 0.273 e. The molecule has 0 spiro atoms. The summed E-state index contributed by atoms with van der Waals surface area (Å²) in [5.74, 6) is 0.433. The molecule has 2 rings (SSSR count). The largest absolute Gasteiger partial charge is 0.495 e. The van der Waals surface area contributed by atoms with Crippen LogP contribution in [0.5, 0.6) is 5.75 Å². The Balaban J connectivity index is 2.01. The van der Waals surface area contributed by atoms with Gasteiger partial charge in [-0.1, -0.05) is 11.6 Å². The molecular formula is C15H15ClN2O5S2. The maximum absolute atomic E-state index is 12.4. The monoisotopic (exact) mass is 402 g/mol. The molecule has 7 nitrogen and oxygen atoms in total. The van der Waals surface area contributed by atoms with Gasteiger partial charge in [-0.15, -0.1) is 11.8 Å². The Morgan fingerprint density at radius 3 is 2.52 bits per heavy atom. The first-order valence-electron chi connectivity index (χ1n) is 7.04. The van der Waals surface area contributed by atoms with E-state index in [0.717, 1.165) is 23.1 Å². The third-order valence-electron chi connectivity index (χ3n) is 3.12. The number of sulfonamides is 1. The van der Waals surface area contributed by atoms with Crippen molar-refractivity contribution < 1.29 is 18.1 Å². The number of benzene rings is 2. The zero-order chi connectivity index (χ0) is 18.4. The van der Waals surface area contributed by atoms with Crippen LogP contribution in [-0.2, 0) is 10.0 Å². The third kappa shape index (κ3) is 5.33. The second-order valence-electron chi connectivity index (χ2n) is 4.79. The van der Waals surface area contributed by atoms with Crippen LogP contribution in [0.1, 0.15) is 0 Å². The molecule has 0 saturated carbocycles. The molecule has 0 aliphatic rings. The molecule has 0 saturated heterocycles. The summed E-state index contributed by atoms with van der Waals surface area (Å²) in [5.41, 5.74) is -0.242. The summed E-state index contributed by atoms with van der Waals surface area (Å²) in [6.07, 6.45) is 0. The number of methoxy groups -OCH3 is 1. The van der Waals surface area contributed by atoms with Gasteiger partial charge in [0, 0.05) is 28.3 Å². The zero-order valence-corrected chi connectivity index (χ0v) is 15.5. The van der Waals surface area contributed by atoms with Crippen LogP contribution in [0.4, 0.5) is 5.69 Å². The minimum Gasteiger partial charge on any atom is -0.495 e. The van der Waals surface area contributed by atoms with E-state index in [1.807, 2.05) is 12.1 Å². The maximum atomic E-state index is 12.4. The first kappa shape index (κ1) is 19.5. The van der Waals surface area contributed by atoms with E-state index in [1.165, 1.54) is 18.9 Å². The number of nitrogens with zero attached hydrogens (tertiary/aromatic N) is 1. The van der Waals surface area contributed by atoms with Gasteiger partial charge in [-0.2, -0.15) is 0 Å². The summed E-state index contributed by atoms with van der Waals surface area (Å²) in [6.45, 7) is 0.190. The Bertz CT molecular complexity index is 857. The lowest BCUT2D eigenvalue weighted by Crippen LogP contribution is -2.26. The normalized spacial score (nSPS) is 11.3. The Hall–Kier alpha value is -1.81. The molecule has 25 heavy (non-hydrogen) atoms. The molecular weight excluding hydrogens is 388 g/mol. The number of nitro benzene ring substituents is 1. The van der Waals surface area contributed by atoms with Gasteiger partial charge in [0.2, 0.25) is 10.0 Å². The number of hydrogen-bond acceptors (Lipinski definition) is 6. The van der Waals surface area contributed by atoms with Gasteiger partial charge >= 0.3 is 0 Å². The van der Waals surface area contributed by atoms with Gasteiger partial charge in [0.05, 0.1) is 18.1 Å². The van der Waals surface area contributed by atoms with Gasteiger partial charge in [-0.25, -0.2) is 13.1 Å². The highest BCUT2D eigenvalue weighted by Gasteiger charge is 2.21. The molecule has 0 fully saturated rings. The minimum absolute atomic E-state index is 0.0768.